The molecule has 2 aliphatic heterocycles. The van der Waals surface area contributed by atoms with Crippen LogP contribution in [0.5, 0.6) is 0 Å². The predicted molar refractivity (Wildman–Crippen MR) is 151 cm³/mol. The molecule has 0 saturated carbocycles. The van der Waals surface area contributed by atoms with Crippen molar-refractivity contribution < 1.29 is 23.2 Å². The Labute approximate surface area is 235 Å². The highest BCUT2D eigenvalue weighted by Crippen LogP contribution is 2.29. The summed E-state index contributed by atoms with van der Waals surface area (Å²) in [5.74, 6) is -0.617. The lowest BCUT2D eigenvalue weighted by molar-refractivity contribution is -0.121. The Morgan fingerprint density at radius 1 is 1.23 bits per heavy atom. The zero-order valence-electron chi connectivity index (χ0n) is 22.1. The molecule has 12 nitrogen and oxygen atoms in total. The summed E-state index contributed by atoms with van der Waals surface area (Å²) in [6.07, 6.45) is 0.703. The van der Waals surface area contributed by atoms with Gasteiger partial charge in [-0.15, -0.1) is 11.3 Å². The Hall–Kier alpha value is -3.59. The number of aromatic nitrogens is 1. The number of sulfonamides is 1. The summed E-state index contributed by atoms with van der Waals surface area (Å²) in [7, 11) is -2.42. The molecule has 2 aromatic carbocycles. The molecule has 1 fully saturated rings. The molecule has 0 bridgehead atoms. The molecule has 14 heteroatoms. The molecule has 40 heavy (non-hydrogen) atoms. The van der Waals surface area contributed by atoms with Gasteiger partial charge in [-0.2, -0.15) is 4.31 Å². The van der Waals surface area contributed by atoms with E-state index in [1.807, 2.05) is 0 Å². The number of nitrogens with one attached hydrogen (secondary N) is 2. The Morgan fingerprint density at radius 3 is 2.73 bits per heavy atom. The van der Waals surface area contributed by atoms with Gasteiger partial charge >= 0.3 is 0 Å². The van der Waals surface area contributed by atoms with Crippen molar-refractivity contribution in [1.82, 2.24) is 24.8 Å². The number of hydrogen-bond acceptors (Lipinski definition) is 9. The van der Waals surface area contributed by atoms with Crippen LogP contribution in [0.15, 0.2) is 46.4 Å². The van der Waals surface area contributed by atoms with Gasteiger partial charge in [-0.1, -0.05) is 23.4 Å². The normalized spacial score (nSPS) is 20.4. The SMILES string of the molecule is CNC(=O)CC1CN(S(=O)(=O)c2ccc3cc(/C(N)=N\O)ccc3c2)CCN1C(=O)c1nc2c(s1)CNC(C)C2. The first-order valence-electron chi connectivity index (χ1n) is 12.9. The topological polar surface area (TPSA) is 170 Å². The summed E-state index contributed by atoms with van der Waals surface area (Å²) in [4.78, 5) is 33.3. The fourth-order valence-electron chi connectivity index (χ4n) is 5.08. The van der Waals surface area contributed by atoms with Crippen molar-refractivity contribution in [3.63, 3.8) is 0 Å². The van der Waals surface area contributed by atoms with Crippen molar-refractivity contribution in [2.45, 2.75) is 43.3 Å². The third-order valence-corrected chi connectivity index (χ3v) is 10.3. The van der Waals surface area contributed by atoms with Crippen LogP contribution in [0.4, 0.5) is 0 Å². The number of thiazole rings is 1. The third-order valence-electron chi connectivity index (χ3n) is 7.33. The molecule has 1 saturated heterocycles. The first-order chi connectivity index (χ1) is 19.1. The fourth-order valence-corrected chi connectivity index (χ4v) is 7.58. The lowest BCUT2D eigenvalue weighted by atomic mass is 10.1. The van der Waals surface area contributed by atoms with Crippen LogP contribution in [0, 0.1) is 0 Å². The minimum absolute atomic E-state index is 0.0222. The van der Waals surface area contributed by atoms with Gasteiger partial charge in [0.2, 0.25) is 15.9 Å². The van der Waals surface area contributed by atoms with E-state index in [1.165, 1.54) is 28.8 Å². The molecule has 2 aliphatic rings. The predicted octanol–water partition coefficient (Wildman–Crippen LogP) is 1.08. The van der Waals surface area contributed by atoms with Crippen LogP contribution < -0.4 is 16.4 Å². The Kier molecular flexibility index (Phi) is 7.77. The van der Waals surface area contributed by atoms with Crippen LogP contribution in [0.25, 0.3) is 10.8 Å². The summed E-state index contributed by atoms with van der Waals surface area (Å²) in [5, 5.41) is 19.6. The zero-order chi connectivity index (χ0) is 28.6. The number of piperazine rings is 1. The lowest BCUT2D eigenvalue weighted by Crippen LogP contribution is -2.57. The van der Waals surface area contributed by atoms with Gasteiger partial charge in [-0.3, -0.25) is 9.59 Å². The van der Waals surface area contributed by atoms with Gasteiger partial charge < -0.3 is 26.5 Å². The molecule has 3 aromatic rings. The van der Waals surface area contributed by atoms with Gasteiger partial charge in [0, 0.05) is 62.6 Å². The quantitative estimate of drug-likeness (QED) is 0.144. The monoisotopic (exact) mass is 585 g/mol. The molecule has 0 spiro atoms. The van der Waals surface area contributed by atoms with E-state index in [0.717, 1.165) is 22.4 Å². The molecule has 0 aliphatic carbocycles. The summed E-state index contributed by atoms with van der Waals surface area (Å²) in [5.41, 5.74) is 7.10. The van der Waals surface area contributed by atoms with Crippen LogP contribution >= 0.6 is 11.3 Å². The first-order valence-corrected chi connectivity index (χ1v) is 15.1. The average Bonchev–Trinajstić information content (AvgIpc) is 3.39. The van der Waals surface area contributed by atoms with Crippen LogP contribution in [0.1, 0.15) is 39.3 Å². The van der Waals surface area contributed by atoms with Gasteiger partial charge in [-0.25, -0.2) is 13.4 Å². The standard InChI is InChI=1S/C26H31N7O5S2/c1-15-9-21-22(13-29-15)39-25(30-21)26(35)33-8-7-32(14-19(33)12-23(34)28-2)40(37,38)20-6-5-16-10-18(24(27)31-36)4-3-17(16)11-20/h3-6,10-11,15,19,29,36H,7-9,12-14H2,1-2H3,(H2,27,31)(H,28,34). The molecule has 2 atom stereocenters. The van der Waals surface area contributed by atoms with Crippen LogP contribution in [0.3, 0.4) is 0 Å². The molecule has 1 aromatic heterocycles. The number of nitrogens with two attached hydrogens (primary N) is 1. The van der Waals surface area contributed by atoms with Crippen molar-refractivity contribution in [1.29, 1.82) is 0 Å². The molecule has 5 N–H and O–H groups in total. The Morgan fingerprint density at radius 2 is 1.98 bits per heavy atom. The highest BCUT2D eigenvalue weighted by molar-refractivity contribution is 7.89. The van der Waals surface area contributed by atoms with Crippen LogP contribution in [-0.4, -0.2) is 84.2 Å². The van der Waals surface area contributed by atoms with Gasteiger partial charge in [0.25, 0.3) is 5.91 Å². The van der Waals surface area contributed by atoms with Crippen LogP contribution in [-0.2, 0) is 27.8 Å². The second-order valence-corrected chi connectivity index (χ2v) is 13.0. The minimum Gasteiger partial charge on any atom is -0.409 e. The van der Waals surface area contributed by atoms with E-state index >= 15 is 0 Å². The number of rotatable bonds is 6. The van der Waals surface area contributed by atoms with Crippen molar-refractivity contribution in [3.8, 4) is 0 Å². The maximum atomic E-state index is 13.7. The molecular weight excluding hydrogens is 554 g/mol. The largest absolute Gasteiger partial charge is 0.409 e. The molecule has 5 rings (SSSR count). The average molecular weight is 586 g/mol. The first kappa shape index (κ1) is 28.0. The number of fused-ring (bicyclic) bond motifs is 2. The molecule has 212 valence electrons. The Bertz CT molecular complexity index is 1600. The fraction of sp³-hybridized carbons (Fsp3) is 0.385. The second kappa shape index (κ2) is 11.1. The summed E-state index contributed by atoms with van der Waals surface area (Å²) >= 11 is 1.35. The van der Waals surface area contributed by atoms with E-state index in [9.17, 15) is 18.0 Å². The van der Waals surface area contributed by atoms with E-state index in [2.05, 4.69) is 27.7 Å². The summed E-state index contributed by atoms with van der Waals surface area (Å²) in [6.45, 7) is 2.92. The summed E-state index contributed by atoms with van der Waals surface area (Å²) < 4.78 is 28.7. The zero-order valence-corrected chi connectivity index (χ0v) is 23.8. The molecule has 2 unspecified atom stereocenters. The van der Waals surface area contributed by atoms with Crippen molar-refractivity contribution in [3.05, 3.63) is 57.5 Å². The smallest absolute Gasteiger partial charge is 0.283 e. The van der Waals surface area contributed by atoms with E-state index < -0.39 is 16.1 Å². The minimum atomic E-state index is -3.93. The third kappa shape index (κ3) is 5.39. The number of amides is 2. The molecule has 2 amide bonds. The van der Waals surface area contributed by atoms with Crippen molar-refractivity contribution >= 4 is 49.8 Å². The second-order valence-electron chi connectivity index (χ2n) is 9.98. The maximum Gasteiger partial charge on any atom is 0.283 e. The number of amidine groups is 1. The number of benzene rings is 2. The van der Waals surface area contributed by atoms with Gasteiger partial charge in [-0.05, 0) is 35.9 Å². The molecule has 0 radical (unpaired) electrons. The molecule has 3 heterocycles. The van der Waals surface area contributed by atoms with Gasteiger partial charge in [0.05, 0.1) is 16.6 Å². The number of nitrogens with zero attached hydrogens (tertiary/aromatic N) is 4. The highest BCUT2D eigenvalue weighted by Gasteiger charge is 2.38. The van der Waals surface area contributed by atoms with E-state index in [4.69, 9.17) is 10.9 Å². The summed E-state index contributed by atoms with van der Waals surface area (Å²) in [6, 6.07) is 9.42. The molecular formula is C26H31N7O5S2. The van der Waals surface area contributed by atoms with Gasteiger partial charge in [0.1, 0.15) is 0 Å². The lowest BCUT2D eigenvalue weighted by Gasteiger charge is -2.40. The van der Waals surface area contributed by atoms with E-state index in [0.29, 0.717) is 22.5 Å². The van der Waals surface area contributed by atoms with Crippen molar-refractivity contribution in [2.24, 2.45) is 10.9 Å². The Balaban J connectivity index is 1.39. The number of hydrogen-bond donors (Lipinski definition) is 4. The number of carbonyl (C=O) groups is 2. The maximum absolute atomic E-state index is 13.7. The highest BCUT2D eigenvalue weighted by atomic mass is 32.2. The van der Waals surface area contributed by atoms with E-state index in [1.54, 1.807) is 35.2 Å². The van der Waals surface area contributed by atoms with Gasteiger partial charge in [0.15, 0.2) is 10.8 Å². The van der Waals surface area contributed by atoms with Crippen molar-refractivity contribution in [2.75, 3.05) is 26.7 Å². The number of oxime groups is 1. The number of carbonyl (C=O) groups excluding carboxylic acids is 2. The van der Waals surface area contributed by atoms with E-state index in [-0.39, 0.29) is 54.6 Å². The van der Waals surface area contributed by atoms with Crippen LogP contribution in [0.2, 0.25) is 0 Å².